The number of azide groups is 1. The predicted molar refractivity (Wildman–Crippen MR) is 46.1 cm³/mol. The molecule has 13 heavy (non-hydrogen) atoms. The third kappa shape index (κ3) is 2.34. The second-order valence-corrected chi connectivity index (χ2v) is 2.56. The van der Waals surface area contributed by atoms with Gasteiger partial charge in [0.1, 0.15) is 6.33 Å². The van der Waals surface area contributed by atoms with Gasteiger partial charge in [-0.15, -0.1) is 0 Å². The molecule has 1 rings (SSSR count). The summed E-state index contributed by atoms with van der Waals surface area (Å²) in [6.07, 6.45) is 2.08. The minimum Gasteiger partial charge on any atom is -0.285 e. The first kappa shape index (κ1) is 9.34. The van der Waals surface area contributed by atoms with E-state index in [4.69, 9.17) is 5.53 Å². The monoisotopic (exact) mass is 182 g/mol. The van der Waals surface area contributed by atoms with Gasteiger partial charge in [0.25, 0.3) is 0 Å². The highest BCUT2D eigenvalue weighted by molar-refractivity contribution is 4.65. The van der Waals surface area contributed by atoms with E-state index in [-0.39, 0.29) is 5.69 Å². The number of rotatable bonds is 4. The van der Waals surface area contributed by atoms with E-state index in [1.54, 1.807) is 7.05 Å². The molecule has 0 spiro atoms. The molecule has 0 aliphatic rings. The van der Waals surface area contributed by atoms with Crippen molar-refractivity contribution < 1.29 is 0 Å². The van der Waals surface area contributed by atoms with Crippen molar-refractivity contribution in [1.29, 1.82) is 0 Å². The van der Waals surface area contributed by atoms with E-state index in [2.05, 4.69) is 15.1 Å². The molecule has 0 aromatic carbocycles. The lowest BCUT2D eigenvalue weighted by atomic mass is 10.4. The number of aromatic nitrogens is 3. The molecule has 1 aromatic heterocycles. The van der Waals surface area contributed by atoms with Gasteiger partial charge in [-0.1, -0.05) is 5.11 Å². The fourth-order valence-electron chi connectivity index (χ4n) is 0.910. The number of aryl methyl sites for hydroxylation is 2. The first-order valence-electron chi connectivity index (χ1n) is 3.85. The van der Waals surface area contributed by atoms with Crippen molar-refractivity contribution in [2.45, 2.75) is 13.0 Å². The molecule has 1 heterocycles. The van der Waals surface area contributed by atoms with Crippen LogP contribution in [-0.4, -0.2) is 20.9 Å². The summed E-state index contributed by atoms with van der Waals surface area (Å²) >= 11 is 0. The van der Waals surface area contributed by atoms with Crippen LogP contribution in [0.2, 0.25) is 0 Å². The fourth-order valence-corrected chi connectivity index (χ4v) is 0.910. The molecule has 0 saturated carbocycles. The lowest BCUT2D eigenvalue weighted by molar-refractivity contribution is 0.559. The van der Waals surface area contributed by atoms with Crippen LogP contribution >= 0.6 is 0 Å². The number of nitrogens with zero attached hydrogens (tertiary/aromatic N) is 6. The number of hydrogen-bond acceptors (Lipinski definition) is 3. The van der Waals surface area contributed by atoms with Crippen molar-refractivity contribution >= 4 is 0 Å². The zero-order valence-corrected chi connectivity index (χ0v) is 7.29. The second kappa shape index (κ2) is 4.32. The lowest BCUT2D eigenvalue weighted by Crippen LogP contribution is -2.23. The average Bonchev–Trinajstić information content (AvgIpc) is 2.43. The summed E-state index contributed by atoms with van der Waals surface area (Å²) in [6.45, 7) is 0.873. The molecule has 0 radical (unpaired) electrons. The van der Waals surface area contributed by atoms with Crippen molar-refractivity contribution in [3.8, 4) is 0 Å². The van der Waals surface area contributed by atoms with Crippen LogP contribution < -0.4 is 5.69 Å². The molecule has 0 N–H and O–H groups in total. The van der Waals surface area contributed by atoms with E-state index in [0.29, 0.717) is 19.5 Å². The summed E-state index contributed by atoms with van der Waals surface area (Å²) < 4.78 is 2.74. The summed E-state index contributed by atoms with van der Waals surface area (Å²) in [5, 5.41) is 7.20. The first-order valence-corrected chi connectivity index (χ1v) is 3.85. The molecule has 1 aromatic rings. The molecule has 0 unspecified atom stereocenters. The zero-order chi connectivity index (χ0) is 9.68. The van der Waals surface area contributed by atoms with Gasteiger partial charge in [-0.05, 0) is 12.0 Å². The van der Waals surface area contributed by atoms with Crippen molar-refractivity contribution in [2.24, 2.45) is 12.2 Å². The van der Waals surface area contributed by atoms with Gasteiger partial charge in [0.15, 0.2) is 0 Å². The van der Waals surface area contributed by atoms with Gasteiger partial charge in [0.05, 0.1) is 0 Å². The number of hydrogen-bond donors (Lipinski definition) is 0. The first-order chi connectivity index (χ1) is 6.25. The molecule has 0 bridgehead atoms. The van der Waals surface area contributed by atoms with Crippen LogP contribution in [-0.2, 0) is 13.6 Å². The molecule has 0 fully saturated rings. The highest BCUT2D eigenvalue weighted by atomic mass is 16.2. The highest BCUT2D eigenvalue weighted by Gasteiger charge is 1.99. The smallest absolute Gasteiger partial charge is 0.285 e. The molecule has 0 atom stereocenters. The average molecular weight is 182 g/mol. The maximum atomic E-state index is 11.2. The topological polar surface area (TPSA) is 88.6 Å². The molecule has 0 aliphatic carbocycles. The van der Waals surface area contributed by atoms with Crippen LogP contribution in [0.15, 0.2) is 16.2 Å². The van der Waals surface area contributed by atoms with E-state index in [0.717, 1.165) is 0 Å². The van der Waals surface area contributed by atoms with Crippen LogP contribution in [0.3, 0.4) is 0 Å². The van der Waals surface area contributed by atoms with Gasteiger partial charge >= 0.3 is 5.69 Å². The highest BCUT2D eigenvalue weighted by Crippen LogP contribution is 1.85. The Bertz CT molecular complexity index is 371. The van der Waals surface area contributed by atoms with E-state index >= 15 is 0 Å². The van der Waals surface area contributed by atoms with E-state index in [9.17, 15) is 4.79 Å². The Balaban J connectivity index is 2.50. The summed E-state index contributed by atoms with van der Waals surface area (Å²) in [6, 6.07) is 0. The Morgan fingerprint density at radius 1 is 1.77 bits per heavy atom. The molecule has 0 aliphatic heterocycles. The summed E-state index contributed by atoms with van der Waals surface area (Å²) in [5.41, 5.74) is 7.84. The quantitative estimate of drug-likeness (QED) is 0.290. The van der Waals surface area contributed by atoms with Crippen molar-refractivity contribution in [1.82, 2.24) is 14.3 Å². The normalized spacial score (nSPS) is 9.62. The molecular formula is C6H10N6O. The van der Waals surface area contributed by atoms with Crippen LogP contribution in [0.4, 0.5) is 0 Å². The van der Waals surface area contributed by atoms with Gasteiger partial charge in [-0.25, -0.2) is 9.48 Å². The van der Waals surface area contributed by atoms with Crippen LogP contribution in [0.5, 0.6) is 0 Å². The standard InChI is InChI=1S/C6H10N6O/c1-11-5-9-12(6(11)13)4-2-3-8-10-7/h5H,2-4H2,1H3. The van der Waals surface area contributed by atoms with E-state index in [1.165, 1.54) is 15.6 Å². The Kier molecular flexibility index (Phi) is 3.10. The van der Waals surface area contributed by atoms with Gasteiger partial charge in [0.2, 0.25) is 0 Å². The summed E-state index contributed by atoms with van der Waals surface area (Å²) in [7, 11) is 1.64. The molecule has 0 amide bonds. The van der Waals surface area contributed by atoms with Crippen LogP contribution in [0.1, 0.15) is 6.42 Å². The Morgan fingerprint density at radius 2 is 2.54 bits per heavy atom. The van der Waals surface area contributed by atoms with E-state index in [1.807, 2.05) is 0 Å². The third-order valence-electron chi connectivity index (χ3n) is 1.58. The Morgan fingerprint density at radius 3 is 3.08 bits per heavy atom. The summed E-state index contributed by atoms with van der Waals surface area (Å²) in [4.78, 5) is 13.8. The van der Waals surface area contributed by atoms with Gasteiger partial charge in [0, 0.05) is 25.0 Å². The lowest BCUT2D eigenvalue weighted by Gasteiger charge is -1.94. The van der Waals surface area contributed by atoms with Crippen LogP contribution in [0.25, 0.3) is 10.4 Å². The van der Waals surface area contributed by atoms with Crippen molar-refractivity contribution in [2.75, 3.05) is 6.54 Å². The Labute approximate surface area is 74.2 Å². The van der Waals surface area contributed by atoms with Crippen LogP contribution in [0, 0.1) is 0 Å². The minimum absolute atomic E-state index is 0.152. The maximum Gasteiger partial charge on any atom is 0.345 e. The zero-order valence-electron chi connectivity index (χ0n) is 7.29. The van der Waals surface area contributed by atoms with Crippen molar-refractivity contribution in [3.05, 3.63) is 27.3 Å². The fraction of sp³-hybridized carbons (Fsp3) is 0.667. The van der Waals surface area contributed by atoms with Gasteiger partial charge < -0.3 is 0 Å². The predicted octanol–water partition coefficient (Wildman–Crippen LogP) is 0.282. The largest absolute Gasteiger partial charge is 0.345 e. The van der Waals surface area contributed by atoms with Gasteiger partial charge in [-0.3, -0.25) is 4.57 Å². The van der Waals surface area contributed by atoms with Gasteiger partial charge in [-0.2, -0.15) is 5.10 Å². The minimum atomic E-state index is -0.152. The molecule has 7 nitrogen and oxygen atoms in total. The molecule has 0 saturated heterocycles. The SMILES string of the molecule is Cn1cnn(CCCN=[N+]=[N-])c1=O. The van der Waals surface area contributed by atoms with E-state index < -0.39 is 0 Å². The second-order valence-electron chi connectivity index (χ2n) is 2.56. The molecule has 70 valence electrons. The Hall–Kier alpha value is -1.75. The molecule has 7 heteroatoms. The summed E-state index contributed by atoms with van der Waals surface area (Å²) in [5.74, 6) is 0. The van der Waals surface area contributed by atoms with Crippen molar-refractivity contribution in [3.63, 3.8) is 0 Å². The maximum absolute atomic E-state index is 11.2. The molecular weight excluding hydrogens is 172 g/mol. The third-order valence-corrected chi connectivity index (χ3v) is 1.58.